The molecule has 0 radical (unpaired) electrons. The minimum absolute atomic E-state index is 0.145. The largest absolute Gasteiger partial charge is 0.496 e. The zero-order valence-corrected chi connectivity index (χ0v) is 20.3. The van der Waals surface area contributed by atoms with E-state index in [1.165, 1.54) is 14.2 Å². The normalized spacial score (nSPS) is 11.4. The van der Waals surface area contributed by atoms with Crippen molar-refractivity contribution in [1.82, 2.24) is 14.6 Å². The van der Waals surface area contributed by atoms with Gasteiger partial charge in [0.15, 0.2) is 5.82 Å². The number of aryl methyl sites for hydroxylation is 1. The van der Waals surface area contributed by atoms with Gasteiger partial charge in [-0.05, 0) is 56.7 Å². The lowest BCUT2D eigenvalue weighted by molar-refractivity contribution is 0.0285. The van der Waals surface area contributed by atoms with E-state index >= 15 is 0 Å². The molecular formula is C26H28N4O5. The molecule has 0 bridgehead atoms. The first-order chi connectivity index (χ1) is 16.7. The molecule has 0 saturated carbocycles. The van der Waals surface area contributed by atoms with E-state index in [0.717, 1.165) is 22.3 Å². The minimum Gasteiger partial charge on any atom is -0.496 e. The lowest BCUT2D eigenvalue weighted by Gasteiger charge is -2.19. The number of aromatic nitrogens is 3. The number of carbonyl (C=O) groups excluding carboxylic acids is 1. The molecule has 2 N–H and O–H groups in total. The second kappa shape index (κ2) is 9.63. The van der Waals surface area contributed by atoms with E-state index < -0.39 is 11.6 Å². The minimum atomic E-state index is -0.962. The van der Waals surface area contributed by atoms with Crippen LogP contribution in [0.1, 0.15) is 29.9 Å². The number of rotatable bonds is 8. The summed E-state index contributed by atoms with van der Waals surface area (Å²) in [4.78, 5) is 16.2. The number of anilines is 2. The fraction of sp³-hybridized carbons (Fsp3) is 0.269. The third-order valence-corrected chi connectivity index (χ3v) is 5.24. The number of carbonyl (C=O) groups is 1. The predicted octanol–water partition coefficient (Wildman–Crippen LogP) is 4.39. The van der Waals surface area contributed by atoms with Crippen LogP contribution in [0.3, 0.4) is 0 Å². The molecule has 0 unspecified atom stereocenters. The monoisotopic (exact) mass is 476 g/mol. The second-order valence-electron chi connectivity index (χ2n) is 8.77. The Morgan fingerprint density at radius 2 is 1.91 bits per heavy atom. The molecule has 1 aromatic carbocycles. The Morgan fingerprint density at radius 3 is 2.63 bits per heavy atom. The molecule has 4 aromatic rings. The van der Waals surface area contributed by atoms with Crippen molar-refractivity contribution in [3.05, 3.63) is 66.1 Å². The fourth-order valence-corrected chi connectivity index (χ4v) is 3.56. The summed E-state index contributed by atoms with van der Waals surface area (Å²) in [6.07, 6.45) is 3.54. The molecule has 4 rings (SSSR count). The van der Waals surface area contributed by atoms with Crippen LogP contribution < -0.4 is 14.8 Å². The summed E-state index contributed by atoms with van der Waals surface area (Å²) in [5.74, 6) is 1.16. The molecule has 0 fully saturated rings. The molecule has 9 nitrogen and oxygen atoms in total. The summed E-state index contributed by atoms with van der Waals surface area (Å²) in [6.45, 7) is 5.45. The Balaban J connectivity index is 1.63. The van der Waals surface area contributed by atoms with Gasteiger partial charge in [0, 0.05) is 35.3 Å². The molecular weight excluding hydrogens is 448 g/mol. The van der Waals surface area contributed by atoms with E-state index in [4.69, 9.17) is 14.2 Å². The van der Waals surface area contributed by atoms with Crippen molar-refractivity contribution in [2.45, 2.75) is 26.4 Å². The van der Waals surface area contributed by atoms with Gasteiger partial charge in [-0.1, -0.05) is 0 Å². The number of nitrogens with zero attached hydrogens (tertiary/aromatic N) is 3. The van der Waals surface area contributed by atoms with Gasteiger partial charge < -0.3 is 24.6 Å². The topological polar surface area (TPSA) is 107 Å². The van der Waals surface area contributed by atoms with E-state index in [2.05, 4.69) is 15.4 Å². The van der Waals surface area contributed by atoms with E-state index in [-0.39, 0.29) is 6.61 Å². The van der Waals surface area contributed by atoms with Crippen molar-refractivity contribution in [2.24, 2.45) is 0 Å². The Bertz CT molecular complexity index is 1370. The van der Waals surface area contributed by atoms with Crippen molar-refractivity contribution in [2.75, 3.05) is 26.1 Å². The van der Waals surface area contributed by atoms with Gasteiger partial charge in [0.05, 0.1) is 31.5 Å². The first-order valence-electron chi connectivity index (χ1n) is 11.0. The summed E-state index contributed by atoms with van der Waals surface area (Å²) in [7, 11) is 2.83. The maximum Gasteiger partial charge on any atom is 0.341 e. The maximum atomic E-state index is 11.9. The molecule has 0 spiro atoms. The molecule has 0 aliphatic rings. The molecule has 182 valence electrons. The van der Waals surface area contributed by atoms with Crippen LogP contribution in [-0.4, -0.2) is 52.1 Å². The van der Waals surface area contributed by atoms with E-state index in [9.17, 15) is 9.90 Å². The highest BCUT2D eigenvalue weighted by Crippen LogP contribution is 2.32. The second-order valence-corrected chi connectivity index (χ2v) is 8.77. The van der Waals surface area contributed by atoms with Gasteiger partial charge >= 0.3 is 5.97 Å². The average molecular weight is 477 g/mol. The molecule has 0 aliphatic heterocycles. The third kappa shape index (κ3) is 5.52. The van der Waals surface area contributed by atoms with Crippen molar-refractivity contribution >= 4 is 23.0 Å². The number of hydrogen-bond donors (Lipinski definition) is 2. The van der Waals surface area contributed by atoms with E-state index in [1.807, 2.05) is 37.4 Å². The summed E-state index contributed by atoms with van der Waals surface area (Å²) in [5.41, 5.74) is 3.63. The lowest BCUT2D eigenvalue weighted by Crippen LogP contribution is -2.28. The SMILES string of the molecule is COC(=O)c1ccc(Nc2cc3cc(-c4cc(C)ncc4OCC(C)(C)O)ccn3n2)cc1OC. The van der Waals surface area contributed by atoms with Gasteiger partial charge in [0.2, 0.25) is 0 Å². The van der Waals surface area contributed by atoms with Crippen LogP contribution in [0.2, 0.25) is 0 Å². The number of hydrogen-bond acceptors (Lipinski definition) is 8. The van der Waals surface area contributed by atoms with Gasteiger partial charge in [-0.15, -0.1) is 0 Å². The fourth-order valence-electron chi connectivity index (χ4n) is 3.56. The van der Waals surface area contributed by atoms with Crippen molar-refractivity contribution in [3.8, 4) is 22.6 Å². The van der Waals surface area contributed by atoms with Crippen LogP contribution in [0.4, 0.5) is 11.5 Å². The smallest absolute Gasteiger partial charge is 0.341 e. The highest BCUT2D eigenvalue weighted by molar-refractivity contribution is 5.93. The Kier molecular flexibility index (Phi) is 6.61. The number of ether oxygens (including phenoxy) is 3. The standard InChI is InChI=1S/C26H28N4O5/c1-16-10-21(23(14-27-16)35-15-26(2,3)32)17-8-9-30-19(11-17)13-24(29-30)28-18-6-7-20(25(31)34-5)22(12-18)33-4/h6-14,32H,15H2,1-5H3,(H,28,29). The van der Waals surface area contributed by atoms with Crippen molar-refractivity contribution in [3.63, 3.8) is 0 Å². The molecule has 0 amide bonds. The third-order valence-electron chi connectivity index (χ3n) is 5.24. The number of nitrogens with one attached hydrogen (secondary N) is 1. The van der Waals surface area contributed by atoms with Crippen LogP contribution in [0.15, 0.2) is 54.9 Å². The van der Waals surface area contributed by atoms with Gasteiger partial charge in [0.25, 0.3) is 0 Å². The number of benzene rings is 1. The van der Waals surface area contributed by atoms with Crippen molar-refractivity contribution in [1.29, 1.82) is 0 Å². The highest BCUT2D eigenvalue weighted by Gasteiger charge is 2.17. The molecule has 0 saturated heterocycles. The van der Waals surface area contributed by atoms with Crippen LogP contribution in [0.25, 0.3) is 16.6 Å². The molecule has 9 heteroatoms. The van der Waals surface area contributed by atoms with Crippen molar-refractivity contribution < 1.29 is 24.1 Å². The summed E-state index contributed by atoms with van der Waals surface area (Å²) in [5, 5.41) is 17.9. The van der Waals surface area contributed by atoms with Gasteiger partial charge in [-0.25, -0.2) is 9.31 Å². The predicted molar refractivity (Wildman–Crippen MR) is 133 cm³/mol. The average Bonchev–Trinajstić information content (AvgIpc) is 3.23. The Morgan fingerprint density at radius 1 is 1.11 bits per heavy atom. The number of aliphatic hydroxyl groups is 1. The van der Waals surface area contributed by atoms with E-state index in [0.29, 0.717) is 28.6 Å². The molecule has 35 heavy (non-hydrogen) atoms. The van der Waals surface area contributed by atoms with Gasteiger partial charge in [-0.3, -0.25) is 4.98 Å². The quantitative estimate of drug-likeness (QED) is 0.361. The van der Waals surface area contributed by atoms with Crippen LogP contribution in [0, 0.1) is 6.92 Å². The number of esters is 1. The summed E-state index contributed by atoms with van der Waals surface area (Å²) >= 11 is 0. The van der Waals surface area contributed by atoms with E-state index in [1.54, 1.807) is 42.8 Å². The number of pyridine rings is 2. The molecule has 3 heterocycles. The highest BCUT2D eigenvalue weighted by atomic mass is 16.5. The Hall–Kier alpha value is -4.11. The van der Waals surface area contributed by atoms with Crippen LogP contribution in [-0.2, 0) is 4.74 Å². The Labute approximate surface area is 203 Å². The first-order valence-corrected chi connectivity index (χ1v) is 11.0. The first kappa shape index (κ1) is 24.0. The molecule has 0 atom stereocenters. The zero-order valence-electron chi connectivity index (χ0n) is 20.3. The number of fused-ring (bicyclic) bond motifs is 1. The maximum absolute atomic E-state index is 11.9. The molecule has 0 aliphatic carbocycles. The summed E-state index contributed by atoms with van der Waals surface area (Å²) < 4.78 is 17.8. The number of methoxy groups -OCH3 is 2. The van der Waals surface area contributed by atoms with Crippen LogP contribution >= 0.6 is 0 Å². The molecule has 3 aromatic heterocycles. The summed E-state index contributed by atoms with van der Waals surface area (Å²) in [6, 6.07) is 12.9. The van der Waals surface area contributed by atoms with Gasteiger partial charge in [0.1, 0.15) is 23.7 Å². The lowest BCUT2D eigenvalue weighted by atomic mass is 10.1. The van der Waals surface area contributed by atoms with Gasteiger partial charge in [-0.2, -0.15) is 5.10 Å². The zero-order chi connectivity index (χ0) is 25.2. The van der Waals surface area contributed by atoms with Crippen LogP contribution in [0.5, 0.6) is 11.5 Å².